The number of anilines is 1. The second kappa shape index (κ2) is 4.64. The number of benzene rings is 1. The van der Waals surface area contributed by atoms with E-state index < -0.39 is 5.82 Å². The molecule has 0 unspecified atom stereocenters. The summed E-state index contributed by atoms with van der Waals surface area (Å²) >= 11 is 0. The highest BCUT2D eigenvalue weighted by atomic mass is 19.1. The molecule has 1 aromatic heterocycles. The lowest BCUT2D eigenvalue weighted by molar-refractivity contribution is 0.103. The number of carbonyl (C=O) groups excluding carboxylic acids is 1. The van der Waals surface area contributed by atoms with E-state index in [0.29, 0.717) is 23.5 Å². The van der Waals surface area contributed by atoms with Gasteiger partial charge in [-0.25, -0.2) is 4.39 Å². The van der Waals surface area contributed by atoms with Crippen molar-refractivity contribution in [2.75, 3.05) is 5.73 Å². The van der Waals surface area contributed by atoms with Crippen molar-refractivity contribution in [2.45, 2.75) is 20.4 Å². The van der Waals surface area contributed by atoms with Gasteiger partial charge in [-0.1, -0.05) is 12.1 Å². The monoisotopic (exact) mass is 246 g/mol. The Hall–Kier alpha value is -2.10. The number of nitrogens with zero attached hydrogens (tertiary/aromatic N) is 1. The quantitative estimate of drug-likeness (QED) is 0.846. The molecule has 0 aliphatic heterocycles. The summed E-state index contributed by atoms with van der Waals surface area (Å²) in [6.45, 7) is 4.48. The molecule has 0 saturated carbocycles. The average Bonchev–Trinajstić information content (AvgIpc) is 2.62. The Bertz CT molecular complexity index is 602. The van der Waals surface area contributed by atoms with Crippen LogP contribution < -0.4 is 5.73 Å². The highest BCUT2D eigenvalue weighted by Gasteiger charge is 2.19. The van der Waals surface area contributed by atoms with Crippen LogP contribution in [0.5, 0.6) is 0 Å². The van der Waals surface area contributed by atoms with Crippen molar-refractivity contribution in [3.63, 3.8) is 0 Å². The van der Waals surface area contributed by atoms with Crippen molar-refractivity contribution in [2.24, 2.45) is 0 Å². The van der Waals surface area contributed by atoms with E-state index in [-0.39, 0.29) is 5.78 Å². The highest BCUT2D eigenvalue weighted by molar-refractivity contribution is 6.11. The zero-order valence-electron chi connectivity index (χ0n) is 10.4. The summed E-state index contributed by atoms with van der Waals surface area (Å²) in [6.07, 6.45) is 0. The Balaban J connectivity index is 2.52. The summed E-state index contributed by atoms with van der Waals surface area (Å²) < 4.78 is 15.0. The van der Waals surface area contributed by atoms with Gasteiger partial charge in [0.2, 0.25) is 5.78 Å². The summed E-state index contributed by atoms with van der Waals surface area (Å²) in [7, 11) is 0. The number of ketones is 1. The lowest BCUT2D eigenvalue weighted by Crippen LogP contribution is -2.12. The van der Waals surface area contributed by atoms with Crippen LogP contribution >= 0.6 is 0 Å². The van der Waals surface area contributed by atoms with Crippen molar-refractivity contribution in [1.82, 2.24) is 4.57 Å². The number of aromatic nitrogens is 1. The third kappa shape index (κ3) is 2.01. The molecule has 0 saturated heterocycles. The minimum absolute atomic E-state index is 0.248. The van der Waals surface area contributed by atoms with E-state index in [4.69, 9.17) is 5.73 Å². The molecule has 0 atom stereocenters. The minimum Gasteiger partial charge on any atom is -0.397 e. The predicted molar refractivity (Wildman–Crippen MR) is 69.1 cm³/mol. The molecule has 4 heteroatoms. The maximum atomic E-state index is 13.1. The number of hydrogen-bond donors (Lipinski definition) is 1. The standard InChI is InChI=1S/C14H15FN2O/c1-3-17-9(2)7-12(16)13(17)14(18)10-5-4-6-11(15)8-10/h4-8H,3,16H2,1-2H3. The molecule has 94 valence electrons. The number of carbonyl (C=O) groups is 1. The third-order valence-corrected chi connectivity index (χ3v) is 2.95. The van der Waals surface area contributed by atoms with Gasteiger partial charge in [0.25, 0.3) is 0 Å². The number of halogens is 1. The maximum Gasteiger partial charge on any atom is 0.211 e. The number of hydrogen-bond acceptors (Lipinski definition) is 2. The van der Waals surface area contributed by atoms with Crippen molar-refractivity contribution < 1.29 is 9.18 Å². The molecule has 0 radical (unpaired) electrons. The van der Waals surface area contributed by atoms with Crippen LogP contribution in [0.25, 0.3) is 0 Å². The summed E-state index contributed by atoms with van der Waals surface area (Å²) in [4.78, 5) is 12.3. The molecule has 0 bridgehead atoms. The molecule has 0 aliphatic rings. The van der Waals surface area contributed by atoms with Crippen LogP contribution in [0.4, 0.5) is 10.1 Å². The van der Waals surface area contributed by atoms with Crippen LogP contribution in [-0.2, 0) is 6.54 Å². The summed E-state index contributed by atoms with van der Waals surface area (Å²) in [5.74, 6) is -0.673. The van der Waals surface area contributed by atoms with Crippen LogP contribution in [0.15, 0.2) is 30.3 Å². The van der Waals surface area contributed by atoms with Gasteiger partial charge in [0.05, 0.1) is 5.69 Å². The summed E-state index contributed by atoms with van der Waals surface area (Å²) in [6, 6.07) is 7.41. The Morgan fingerprint density at radius 3 is 2.72 bits per heavy atom. The van der Waals surface area contributed by atoms with Gasteiger partial charge >= 0.3 is 0 Å². The Morgan fingerprint density at radius 1 is 1.39 bits per heavy atom. The summed E-state index contributed by atoms with van der Waals surface area (Å²) in [5.41, 5.74) is 7.96. The van der Waals surface area contributed by atoms with Gasteiger partial charge in [-0.2, -0.15) is 0 Å². The van der Waals surface area contributed by atoms with Crippen LogP contribution in [0.2, 0.25) is 0 Å². The van der Waals surface area contributed by atoms with E-state index in [0.717, 1.165) is 5.69 Å². The fourth-order valence-electron chi connectivity index (χ4n) is 2.13. The predicted octanol–water partition coefficient (Wildman–Crippen LogP) is 2.77. The Labute approximate surface area is 105 Å². The molecule has 0 aliphatic carbocycles. The molecule has 2 N–H and O–H groups in total. The van der Waals surface area contributed by atoms with E-state index in [1.165, 1.54) is 18.2 Å². The van der Waals surface area contributed by atoms with Crippen molar-refractivity contribution in [1.29, 1.82) is 0 Å². The molecule has 1 aromatic carbocycles. The van der Waals surface area contributed by atoms with Gasteiger partial charge in [0.15, 0.2) is 0 Å². The molecule has 0 amide bonds. The Kier molecular flexibility index (Phi) is 3.19. The van der Waals surface area contributed by atoms with E-state index in [2.05, 4.69) is 0 Å². The van der Waals surface area contributed by atoms with Gasteiger partial charge in [-0.3, -0.25) is 4.79 Å². The number of aryl methyl sites for hydroxylation is 1. The maximum absolute atomic E-state index is 13.1. The zero-order valence-corrected chi connectivity index (χ0v) is 10.4. The van der Waals surface area contributed by atoms with Crippen molar-refractivity contribution in [3.05, 3.63) is 53.1 Å². The zero-order chi connectivity index (χ0) is 13.3. The smallest absolute Gasteiger partial charge is 0.211 e. The van der Waals surface area contributed by atoms with Gasteiger partial charge < -0.3 is 10.3 Å². The summed E-state index contributed by atoms with van der Waals surface area (Å²) in [5, 5.41) is 0. The molecule has 18 heavy (non-hydrogen) atoms. The molecule has 1 heterocycles. The number of nitrogen functional groups attached to an aromatic ring is 1. The minimum atomic E-state index is -0.425. The first-order chi connectivity index (χ1) is 8.54. The van der Waals surface area contributed by atoms with E-state index in [9.17, 15) is 9.18 Å². The SMILES string of the molecule is CCn1c(C)cc(N)c1C(=O)c1cccc(F)c1. The van der Waals surface area contributed by atoms with Crippen LogP contribution in [0, 0.1) is 12.7 Å². The van der Waals surface area contributed by atoms with Crippen molar-refractivity contribution >= 4 is 11.5 Å². The second-order valence-electron chi connectivity index (χ2n) is 4.17. The van der Waals surface area contributed by atoms with Crippen LogP contribution in [0.3, 0.4) is 0 Å². The van der Waals surface area contributed by atoms with Gasteiger partial charge in [0.1, 0.15) is 11.5 Å². The lowest BCUT2D eigenvalue weighted by Gasteiger charge is -2.08. The molecular formula is C14H15FN2O. The molecule has 3 nitrogen and oxygen atoms in total. The first-order valence-electron chi connectivity index (χ1n) is 5.80. The average molecular weight is 246 g/mol. The molecule has 0 spiro atoms. The lowest BCUT2D eigenvalue weighted by atomic mass is 10.1. The first kappa shape index (κ1) is 12.4. The van der Waals surface area contributed by atoms with Gasteiger partial charge in [-0.05, 0) is 32.0 Å². The number of rotatable bonds is 3. The topological polar surface area (TPSA) is 48.0 Å². The molecular weight excluding hydrogens is 231 g/mol. The van der Waals surface area contributed by atoms with E-state index in [1.54, 1.807) is 12.1 Å². The fourth-order valence-corrected chi connectivity index (χ4v) is 2.13. The molecule has 2 aromatic rings. The normalized spacial score (nSPS) is 10.6. The highest BCUT2D eigenvalue weighted by Crippen LogP contribution is 2.21. The van der Waals surface area contributed by atoms with E-state index in [1.807, 2.05) is 18.4 Å². The second-order valence-corrected chi connectivity index (χ2v) is 4.17. The largest absolute Gasteiger partial charge is 0.397 e. The van der Waals surface area contributed by atoms with Crippen LogP contribution in [-0.4, -0.2) is 10.4 Å². The van der Waals surface area contributed by atoms with Crippen LogP contribution in [0.1, 0.15) is 28.7 Å². The van der Waals surface area contributed by atoms with Gasteiger partial charge in [-0.15, -0.1) is 0 Å². The number of nitrogens with two attached hydrogens (primary N) is 1. The molecule has 0 fully saturated rings. The van der Waals surface area contributed by atoms with E-state index >= 15 is 0 Å². The Morgan fingerprint density at radius 2 is 2.11 bits per heavy atom. The fraction of sp³-hybridized carbons (Fsp3) is 0.214. The van der Waals surface area contributed by atoms with Crippen molar-refractivity contribution in [3.8, 4) is 0 Å². The third-order valence-electron chi connectivity index (χ3n) is 2.95. The van der Waals surface area contributed by atoms with Gasteiger partial charge in [0, 0.05) is 17.8 Å². The molecule has 2 rings (SSSR count). The first-order valence-corrected chi connectivity index (χ1v) is 5.80.